The summed E-state index contributed by atoms with van der Waals surface area (Å²) in [6, 6.07) is 8.27. The van der Waals surface area contributed by atoms with E-state index in [4.69, 9.17) is 0 Å². The molecule has 3 heteroatoms. The predicted octanol–water partition coefficient (Wildman–Crippen LogP) is 3.11. The molecule has 1 atom stereocenters. The van der Waals surface area contributed by atoms with Crippen molar-refractivity contribution in [1.82, 2.24) is 4.98 Å². The second kappa shape index (κ2) is 5.27. The lowest BCUT2D eigenvalue weighted by Gasteiger charge is -2.13. The molecule has 94 valence electrons. The first kappa shape index (κ1) is 12.7. The summed E-state index contributed by atoms with van der Waals surface area (Å²) in [5, 5.41) is 10.2. The molecule has 0 fully saturated rings. The minimum Gasteiger partial charge on any atom is -0.388 e. The van der Waals surface area contributed by atoms with Gasteiger partial charge in [-0.3, -0.25) is 4.98 Å². The number of nitrogens with zero attached hydrogens (tertiary/aromatic N) is 1. The van der Waals surface area contributed by atoms with Gasteiger partial charge < -0.3 is 5.11 Å². The van der Waals surface area contributed by atoms with Crippen LogP contribution >= 0.6 is 0 Å². The van der Waals surface area contributed by atoms with Gasteiger partial charge in [-0.05, 0) is 54.8 Å². The third kappa shape index (κ3) is 2.93. The van der Waals surface area contributed by atoms with Crippen LogP contribution in [0.4, 0.5) is 4.39 Å². The van der Waals surface area contributed by atoms with Crippen molar-refractivity contribution < 1.29 is 9.50 Å². The molecule has 18 heavy (non-hydrogen) atoms. The topological polar surface area (TPSA) is 33.1 Å². The van der Waals surface area contributed by atoms with Gasteiger partial charge in [0.2, 0.25) is 0 Å². The molecule has 1 unspecified atom stereocenters. The minimum absolute atomic E-state index is 0.270. The Balaban J connectivity index is 2.21. The summed E-state index contributed by atoms with van der Waals surface area (Å²) < 4.78 is 13.2. The number of benzene rings is 1. The van der Waals surface area contributed by atoms with Gasteiger partial charge in [0.05, 0.1) is 6.10 Å². The molecule has 2 nitrogen and oxygen atoms in total. The van der Waals surface area contributed by atoms with Gasteiger partial charge in [-0.15, -0.1) is 0 Å². The van der Waals surface area contributed by atoms with E-state index in [1.54, 1.807) is 18.3 Å². The average molecular weight is 245 g/mol. The number of rotatable bonds is 3. The van der Waals surface area contributed by atoms with Gasteiger partial charge >= 0.3 is 0 Å². The number of aliphatic hydroxyl groups is 1. The minimum atomic E-state index is -0.632. The third-order valence-corrected chi connectivity index (χ3v) is 3.03. The molecule has 0 amide bonds. The van der Waals surface area contributed by atoms with Crippen molar-refractivity contribution in [3.63, 3.8) is 0 Å². The molecule has 0 aliphatic carbocycles. The number of pyridine rings is 1. The Morgan fingerprint density at radius 1 is 1.22 bits per heavy atom. The van der Waals surface area contributed by atoms with Crippen molar-refractivity contribution in [3.05, 3.63) is 64.7 Å². The van der Waals surface area contributed by atoms with Crippen molar-refractivity contribution >= 4 is 0 Å². The Morgan fingerprint density at radius 2 is 2.00 bits per heavy atom. The van der Waals surface area contributed by atoms with Crippen LogP contribution in [0.15, 0.2) is 36.5 Å². The lowest BCUT2D eigenvalue weighted by molar-refractivity contribution is 0.178. The molecule has 0 spiro atoms. The Kier molecular flexibility index (Phi) is 3.72. The van der Waals surface area contributed by atoms with Crippen LogP contribution in [-0.4, -0.2) is 10.1 Å². The molecule has 2 aromatic rings. The van der Waals surface area contributed by atoms with E-state index in [0.29, 0.717) is 6.42 Å². The lowest BCUT2D eigenvalue weighted by Crippen LogP contribution is -2.04. The molecule has 1 aromatic heterocycles. The summed E-state index contributed by atoms with van der Waals surface area (Å²) >= 11 is 0. The van der Waals surface area contributed by atoms with Crippen LogP contribution in [0.5, 0.6) is 0 Å². The Labute approximate surface area is 106 Å². The quantitative estimate of drug-likeness (QED) is 0.901. The monoisotopic (exact) mass is 245 g/mol. The third-order valence-electron chi connectivity index (χ3n) is 3.03. The standard InChI is InChI=1S/C15H16FNO/c1-10-3-4-14(16)8-13(10)9-15(18)12-5-6-17-11(2)7-12/h3-8,15,18H,9H2,1-2H3. The molecule has 2 rings (SSSR count). The zero-order chi connectivity index (χ0) is 13.1. The molecule has 0 saturated heterocycles. The van der Waals surface area contributed by atoms with Crippen LogP contribution in [0.3, 0.4) is 0 Å². The normalized spacial score (nSPS) is 12.4. The number of hydrogen-bond acceptors (Lipinski definition) is 2. The first-order valence-corrected chi connectivity index (χ1v) is 5.92. The fourth-order valence-electron chi connectivity index (χ4n) is 1.96. The number of aryl methyl sites for hydroxylation is 2. The zero-order valence-corrected chi connectivity index (χ0v) is 10.5. The van der Waals surface area contributed by atoms with Crippen LogP contribution in [0.25, 0.3) is 0 Å². The summed E-state index contributed by atoms with van der Waals surface area (Å²) in [5.74, 6) is -0.270. The number of hydrogen-bond donors (Lipinski definition) is 1. The summed E-state index contributed by atoms with van der Waals surface area (Å²) in [6.45, 7) is 3.79. The molecule has 0 aliphatic rings. The summed E-state index contributed by atoms with van der Waals surface area (Å²) in [6.07, 6.45) is 1.45. The van der Waals surface area contributed by atoms with Gasteiger partial charge in [-0.1, -0.05) is 6.07 Å². The Morgan fingerprint density at radius 3 is 2.72 bits per heavy atom. The SMILES string of the molecule is Cc1cc(C(O)Cc2cc(F)ccc2C)ccn1. The molecule has 0 bridgehead atoms. The maximum absolute atomic E-state index is 13.2. The summed E-state index contributed by atoms with van der Waals surface area (Å²) in [7, 11) is 0. The highest BCUT2D eigenvalue weighted by Crippen LogP contribution is 2.21. The molecule has 0 saturated carbocycles. The van der Waals surface area contributed by atoms with E-state index < -0.39 is 6.10 Å². The van der Waals surface area contributed by atoms with E-state index >= 15 is 0 Å². The number of halogens is 1. The molecular formula is C15H16FNO. The highest BCUT2D eigenvalue weighted by atomic mass is 19.1. The van der Waals surface area contributed by atoms with Gasteiger partial charge in [0.15, 0.2) is 0 Å². The molecule has 0 aliphatic heterocycles. The van der Waals surface area contributed by atoms with Crippen molar-refractivity contribution in [1.29, 1.82) is 0 Å². The largest absolute Gasteiger partial charge is 0.388 e. The smallest absolute Gasteiger partial charge is 0.123 e. The van der Waals surface area contributed by atoms with Gasteiger partial charge in [-0.2, -0.15) is 0 Å². The van der Waals surface area contributed by atoms with Crippen molar-refractivity contribution in [2.45, 2.75) is 26.4 Å². The van der Waals surface area contributed by atoms with Crippen molar-refractivity contribution in [2.75, 3.05) is 0 Å². The van der Waals surface area contributed by atoms with Crippen LogP contribution < -0.4 is 0 Å². The fraction of sp³-hybridized carbons (Fsp3) is 0.267. The molecular weight excluding hydrogens is 229 g/mol. The second-order valence-electron chi connectivity index (χ2n) is 4.52. The highest BCUT2D eigenvalue weighted by molar-refractivity contribution is 5.29. The fourth-order valence-corrected chi connectivity index (χ4v) is 1.96. The van der Waals surface area contributed by atoms with E-state index in [9.17, 15) is 9.50 Å². The van der Waals surface area contributed by atoms with Gasteiger partial charge in [0.1, 0.15) is 5.82 Å². The first-order chi connectivity index (χ1) is 8.56. The first-order valence-electron chi connectivity index (χ1n) is 5.92. The Hall–Kier alpha value is -1.74. The van der Waals surface area contributed by atoms with E-state index in [-0.39, 0.29) is 5.82 Å². The number of aromatic nitrogens is 1. The zero-order valence-electron chi connectivity index (χ0n) is 10.5. The van der Waals surface area contributed by atoms with Crippen LogP contribution in [0, 0.1) is 19.7 Å². The lowest BCUT2D eigenvalue weighted by atomic mass is 9.98. The Bertz CT molecular complexity index is 554. The maximum atomic E-state index is 13.2. The molecule has 1 N–H and O–H groups in total. The summed E-state index contributed by atoms with van der Waals surface area (Å²) in [4.78, 5) is 4.09. The van der Waals surface area contributed by atoms with Crippen LogP contribution in [0.2, 0.25) is 0 Å². The van der Waals surface area contributed by atoms with Crippen LogP contribution in [0.1, 0.15) is 28.5 Å². The van der Waals surface area contributed by atoms with Gasteiger partial charge in [-0.25, -0.2) is 4.39 Å². The number of aliphatic hydroxyl groups excluding tert-OH is 1. The molecule has 0 radical (unpaired) electrons. The molecule has 1 heterocycles. The van der Waals surface area contributed by atoms with E-state index in [1.807, 2.05) is 19.9 Å². The molecule has 1 aromatic carbocycles. The van der Waals surface area contributed by atoms with Gasteiger partial charge in [0.25, 0.3) is 0 Å². The summed E-state index contributed by atoms with van der Waals surface area (Å²) in [5.41, 5.74) is 3.49. The van der Waals surface area contributed by atoms with E-state index in [0.717, 1.165) is 22.4 Å². The predicted molar refractivity (Wildman–Crippen MR) is 68.8 cm³/mol. The van der Waals surface area contributed by atoms with Gasteiger partial charge in [0, 0.05) is 18.3 Å². The van der Waals surface area contributed by atoms with Crippen molar-refractivity contribution in [3.8, 4) is 0 Å². The average Bonchev–Trinajstić information content (AvgIpc) is 2.34. The van der Waals surface area contributed by atoms with Crippen molar-refractivity contribution in [2.24, 2.45) is 0 Å². The van der Waals surface area contributed by atoms with Crippen LogP contribution in [-0.2, 0) is 6.42 Å². The second-order valence-corrected chi connectivity index (χ2v) is 4.52. The maximum Gasteiger partial charge on any atom is 0.123 e. The van der Waals surface area contributed by atoms with E-state index in [1.165, 1.54) is 12.1 Å². The highest BCUT2D eigenvalue weighted by Gasteiger charge is 2.11. The van der Waals surface area contributed by atoms with E-state index in [2.05, 4.69) is 4.98 Å².